The molecule has 1 heterocycles. The minimum absolute atomic E-state index is 0.0629. The van der Waals surface area contributed by atoms with Crippen molar-refractivity contribution in [3.8, 4) is 0 Å². The van der Waals surface area contributed by atoms with Crippen LogP contribution in [0.1, 0.15) is 37.7 Å². The molecular formula is C12H16O4. The van der Waals surface area contributed by atoms with Crippen LogP contribution >= 0.6 is 0 Å². The molecule has 0 unspecified atom stereocenters. The fourth-order valence-corrected chi connectivity index (χ4v) is 1.47. The third-order valence-corrected chi connectivity index (χ3v) is 2.17. The molecule has 4 heteroatoms. The summed E-state index contributed by atoms with van der Waals surface area (Å²) < 4.78 is 10.3. The van der Waals surface area contributed by atoms with Crippen LogP contribution in [0.15, 0.2) is 16.5 Å². The second kappa shape index (κ2) is 5.49. The van der Waals surface area contributed by atoms with Gasteiger partial charge < -0.3 is 9.15 Å². The number of aryl methyl sites for hydroxylation is 1. The third-order valence-electron chi connectivity index (χ3n) is 2.17. The van der Waals surface area contributed by atoms with Gasteiger partial charge in [0.1, 0.15) is 23.2 Å². The van der Waals surface area contributed by atoms with Crippen LogP contribution in [-0.2, 0) is 14.3 Å². The first-order valence-corrected chi connectivity index (χ1v) is 5.27. The van der Waals surface area contributed by atoms with Crippen LogP contribution in [0.25, 0.3) is 0 Å². The molecule has 0 spiro atoms. The lowest BCUT2D eigenvalue weighted by molar-refractivity contribution is -0.146. The Hall–Kier alpha value is -1.58. The minimum atomic E-state index is -0.619. The molecule has 0 aliphatic heterocycles. The quantitative estimate of drug-likeness (QED) is 0.719. The van der Waals surface area contributed by atoms with Crippen LogP contribution in [-0.4, -0.2) is 18.4 Å². The Balaban J connectivity index is 2.86. The van der Waals surface area contributed by atoms with E-state index < -0.39 is 11.9 Å². The van der Waals surface area contributed by atoms with Crippen molar-refractivity contribution in [1.29, 1.82) is 0 Å². The van der Waals surface area contributed by atoms with E-state index in [1.165, 1.54) is 6.92 Å². The molecule has 0 saturated carbocycles. The van der Waals surface area contributed by atoms with E-state index in [9.17, 15) is 9.59 Å². The Labute approximate surface area is 94.6 Å². The van der Waals surface area contributed by atoms with Gasteiger partial charge in [0.05, 0.1) is 6.61 Å². The Kier molecular flexibility index (Phi) is 4.28. The van der Waals surface area contributed by atoms with E-state index in [2.05, 4.69) is 0 Å². The lowest BCUT2D eigenvalue weighted by Gasteiger charge is -2.11. The van der Waals surface area contributed by atoms with Crippen LogP contribution in [0, 0.1) is 6.92 Å². The summed E-state index contributed by atoms with van der Waals surface area (Å²) in [6, 6.07) is 3.47. The normalized spacial score (nSPS) is 12.2. The second-order valence-corrected chi connectivity index (χ2v) is 3.66. The maximum atomic E-state index is 11.7. The average Bonchev–Trinajstić information content (AvgIpc) is 2.61. The summed E-state index contributed by atoms with van der Waals surface area (Å²) in [5.74, 6) is 0.115. The van der Waals surface area contributed by atoms with Gasteiger partial charge in [0.2, 0.25) is 0 Å². The van der Waals surface area contributed by atoms with Gasteiger partial charge in [-0.1, -0.05) is 0 Å². The largest absolute Gasteiger partial charge is 0.465 e. The van der Waals surface area contributed by atoms with E-state index in [0.29, 0.717) is 18.1 Å². The first kappa shape index (κ1) is 12.5. The Morgan fingerprint density at radius 3 is 2.56 bits per heavy atom. The van der Waals surface area contributed by atoms with Gasteiger partial charge in [0.15, 0.2) is 0 Å². The molecule has 1 atom stereocenters. The summed E-state index contributed by atoms with van der Waals surface area (Å²) in [4.78, 5) is 22.7. The maximum absolute atomic E-state index is 11.7. The Morgan fingerprint density at radius 2 is 2.12 bits per heavy atom. The molecule has 0 bridgehead atoms. The van der Waals surface area contributed by atoms with E-state index in [4.69, 9.17) is 9.15 Å². The molecule has 0 fully saturated rings. The summed E-state index contributed by atoms with van der Waals surface area (Å²) in [5, 5.41) is 0. The summed E-state index contributed by atoms with van der Waals surface area (Å²) in [6.07, 6.45) is 0.117. The van der Waals surface area contributed by atoms with Crippen molar-refractivity contribution < 1.29 is 18.7 Å². The number of hydrogen-bond acceptors (Lipinski definition) is 4. The van der Waals surface area contributed by atoms with E-state index in [0.717, 1.165) is 0 Å². The number of carbonyl (C=O) groups excluding carboxylic acids is 2. The van der Waals surface area contributed by atoms with Crippen LogP contribution < -0.4 is 0 Å². The van der Waals surface area contributed by atoms with Gasteiger partial charge >= 0.3 is 5.97 Å². The second-order valence-electron chi connectivity index (χ2n) is 3.66. The fourth-order valence-electron chi connectivity index (χ4n) is 1.47. The monoisotopic (exact) mass is 224 g/mol. The van der Waals surface area contributed by atoms with Gasteiger partial charge in [0, 0.05) is 6.42 Å². The molecule has 1 aromatic rings. The van der Waals surface area contributed by atoms with Gasteiger partial charge in [-0.15, -0.1) is 0 Å². The van der Waals surface area contributed by atoms with Crippen LogP contribution in [0.2, 0.25) is 0 Å². The molecule has 0 amide bonds. The molecule has 88 valence electrons. The van der Waals surface area contributed by atoms with Gasteiger partial charge in [-0.05, 0) is 32.9 Å². The van der Waals surface area contributed by atoms with Gasteiger partial charge in [-0.2, -0.15) is 0 Å². The molecule has 0 radical (unpaired) electrons. The Bertz CT molecular complexity index is 378. The molecular weight excluding hydrogens is 208 g/mol. The summed E-state index contributed by atoms with van der Waals surface area (Å²) >= 11 is 0. The highest BCUT2D eigenvalue weighted by atomic mass is 16.5. The zero-order valence-electron chi connectivity index (χ0n) is 9.78. The lowest BCUT2D eigenvalue weighted by Crippen LogP contribution is -2.18. The van der Waals surface area contributed by atoms with Crippen molar-refractivity contribution in [2.24, 2.45) is 0 Å². The molecule has 1 aromatic heterocycles. The van der Waals surface area contributed by atoms with Crippen molar-refractivity contribution in [2.45, 2.75) is 33.1 Å². The number of Topliss-reactive ketones (excluding diaryl/α,β-unsaturated/α-hetero) is 1. The highest BCUT2D eigenvalue weighted by Crippen LogP contribution is 2.23. The predicted molar refractivity (Wildman–Crippen MR) is 58.1 cm³/mol. The number of ketones is 1. The first-order valence-electron chi connectivity index (χ1n) is 5.27. The van der Waals surface area contributed by atoms with Gasteiger partial charge in [0.25, 0.3) is 0 Å². The molecule has 1 rings (SSSR count). The molecule has 16 heavy (non-hydrogen) atoms. The topological polar surface area (TPSA) is 56.5 Å². The molecule has 0 N–H and O–H groups in total. The molecule has 0 aliphatic carbocycles. The number of ether oxygens (including phenoxy) is 1. The third kappa shape index (κ3) is 3.22. The average molecular weight is 224 g/mol. The number of hydrogen-bond donors (Lipinski definition) is 0. The molecule has 0 aliphatic rings. The number of rotatable bonds is 5. The van der Waals surface area contributed by atoms with Gasteiger partial charge in [-0.25, -0.2) is 0 Å². The zero-order chi connectivity index (χ0) is 12.1. The predicted octanol–water partition coefficient (Wildman–Crippen LogP) is 2.21. The SMILES string of the molecule is CCOC(=O)[C@@H](CC(C)=O)c1ccc(C)o1. The summed E-state index contributed by atoms with van der Waals surface area (Å²) in [5.41, 5.74) is 0. The van der Waals surface area contributed by atoms with Crippen molar-refractivity contribution in [1.82, 2.24) is 0 Å². The fraction of sp³-hybridized carbons (Fsp3) is 0.500. The van der Waals surface area contributed by atoms with Crippen LogP contribution in [0.4, 0.5) is 0 Å². The van der Waals surface area contributed by atoms with Crippen molar-refractivity contribution in [3.05, 3.63) is 23.7 Å². The van der Waals surface area contributed by atoms with E-state index >= 15 is 0 Å². The summed E-state index contributed by atoms with van der Waals surface area (Å²) in [7, 11) is 0. The lowest BCUT2D eigenvalue weighted by atomic mass is 10.0. The molecule has 0 saturated heterocycles. The zero-order valence-corrected chi connectivity index (χ0v) is 9.78. The highest BCUT2D eigenvalue weighted by molar-refractivity contribution is 5.86. The highest BCUT2D eigenvalue weighted by Gasteiger charge is 2.26. The molecule has 0 aromatic carbocycles. The van der Waals surface area contributed by atoms with Crippen LogP contribution in [0.5, 0.6) is 0 Å². The number of esters is 1. The first-order chi connectivity index (χ1) is 7.54. The standard InChI is InChI=1S/C12H16O4/c1-4-15-12(14)10(7-8(2)13)11-6-5-9(3)16-11/h5-6,10H,4,7H2,1-3H3/t10-/m0/s1. The summed E-state index contributed by atoms with van der Waals surface area (Å²) in [6.45, 7) is 5.27. The van der Waals surface area contributed by atoms with Gasteiger partial charge in [-0.3, -0.25) is 9.59 Å². The van der Waals surface area contributed by atoms with Crippen molar-refractivity contribution in [2.75, 3.05) is 6.61 Å². The Morgan fingerprint density at radius 1 is 1.44 bits per heavy atom. The van der Waals surface area contributed by atoms with E-state index in [1.54, 1.807) is 26.0 Å². The number of carbonyl (C=O) groups is 2. The molecule has 4 nitrogen and oxygen atoms in total. The maximum Gasteiger partial charge on any atom is 0.317 e. The number of furan rings is 1. The smallest absolute Gasteiger partial charge is 0.317 e. The minimum Gasteiger partial charge on any atom is -0.465 e. The van der Waals surface area contributed by atoms with Crippen LogP contribution in [0.3, 0.4) is 0 Å². The van der Waals surface area contributed by atoms with E-state index in [-0.39, 0.29) is 12.2 Å². The van der Waals surface area contributed by atoms with E-state index in [1.807, 2.05) is 0 Å². The van der Waals surface area contributed by atoms with Crippen molar-refractivity contribution >= 4 is 11.8 Å². The van der Waals surface area contributed by atoms with Crippen molar-refractivity contribution in [3.63, 3.8) is 0 Å².